The Hall–Kier alpha value is -2.92. The topological polar surface area (TPSA) is 49.2 Å². The number of benzene rings is 1. The number of nitrogens with one attached hydrogen (secondary N) is 1. The second-order valence-electron chi connectivity index (χ2n) is 6.57. The quantitative estimate of drug-likeness (QED) is 0.625. The monoisotopic (exact) mass is 329 g/mol. The number of aromatic nitrogens is 4. The lowest BCUT2D eigenvalue weighted by molar-refractivity contribution is 0.287. The van der Waals surface area contributed by atoms with Crippen LogP contribution in [-0.4, -0.2) is 31.0 Å². The van der Waals surface area contributed by atoms with E-state index in [9.17, 15) is 0 Å². The Labute approximate surface area is 145 Å². The van der Waals surface area contributed by atoms with Gasteiger partial charge in [-0.3, -0.25) is 10.00 Å². The summed E-state index contributed by atoms with van der Waals surface area (Å²) in [6, 6.07) is 14.7. The standard InChI is InChI=1S/C20H19N5/c1-2-10-25-13-16(22-20(25)6-1)8-11-24-12-15-4-3-5-17(18(15)14-24)19-7-9-21-23-19/h1-7,9-10,13H,8,11-12,14H2,(H,21,23). The van der Waals surface area contributed by atoms with Crippen LogP contribution in [0, 0.1) is 0 Å². The summed E-state index contributed by atoms with van der Waals surface area (Å²) in [4.78, 5) is 7.20. The largest absolute Gasteiger partial charge is 0.307 e. The van der Waals surface area contributed by atoms with Crippen LogP contribution in [0.4, 0.5) is 0 Å². The average molecular weight is 329 g/mol. The highest BCUT2D eigenvalue weighted by Crippen LogP contribution is 2.31. The van der Waals surface area contributed by atoms with Gasteiger partial charge < -0.3 is 4.40 Å². The Bertz CT molecular complexity index is 983. The van der Waals surface area contributed by atoms with Crippen molar-refractivity contribution in [1.29, 1.82) is 0 Å². The lowest BCUT2D eigenvalue weighted by Crippen LogP contribution is -2.19. The first-order valence-corrected chi connectivity index (χ1v) is 8.62. The molecule has 0 aliphatic carbocycles. The van der Waals surface area contributed by atoms with Gasteiger partial charge in [-0.1, -0.05) is 24.3 Å². The zero-order valence-corrected chi connectivity index (χ0v) is 13.9. The first-order chi connectivity index (χ1) is 12.4. The highest BCUT2D eigenvalue weighted by atomic mass is 15.1. The van der Waals surface area contributed by atoms with Gasteiger partial charge in [0.1, 0.15) is 5.65 Å². The minimum Gasteiger partial charge on any atom is -0.307 e. The fraction of sp³-hybridized carbons (Fsp3) is 0.200. The summed E-state index contributed by atoms with van der Waals surface area (Å²) in [5.41, 5.74) is 7.37. The van der Waals surface area contributed by atoms with Crippen molar-refractivity contribution in [2.75, 3.05) is 6.54 Å². The van der Waals surface area contributed by atoms with Crippen LogP contribution in [-0.2, 0) is 19.5 Å². The summed E-state index contributed by atoms with van der Waals surface area (Å²) in [5.74, 6) is 0. The fourth-order valence-corrected chi connectivity index (χ4v) is 3.69. The van der Waals surface area contributed by atoms with E-state index in [1.807, 2.05) is 36.7 Å². The minimum atomic E-state index is 0.967. The van der Waals surface area contributed by atoms with Crippen LogP contribution in [0.5, 0.6) is 0 Å². The maximum Gasteiger partial charge on any atom is 0.136 e. The lowest BCUT2D eigenvalue weighted by atomic mass is 10.0. The summed E-state index contributed by atoms with van der Waals surface area (Å²) in [7, 11) is 0. The Morgan fingerprint density at radius 3 is 2.92 bits per heavy atom. The van der Waals surface area contributed by atoms with Gasteiger partial charge in [-0.2, -0.15) is 5.10 Å². The van der Waals surface area contributed by atoms with E-state index in [1.165, 1.54) is 16.7 Å². The molecule has 1 aromatic carbocycles. The third kappa shape index (κ3) is 2.62. The van der Waals surface area contributed by atoms with Crippen molar-refractivity contribution in [2.24, 2.45) is 0 Å². The average Bonchev–Trinajstić information content (AvgIpc) is 3.37. The van der Waals surface area contributed by atoms with E-state index in [4.69, 9.17) is 4.98 Å². The minimum absolute atomic E-state index is 0.967. The third-order valence-corrected chi connectivity index (χ3v) is 4.94. The van der Waals surface area contributed by atoms with Crippen molar-refractivity contribution in [1.82, 2.24) is 24.5 Å². The van der Waals surface area contributed by atoms with Crippen LogP contribution in [0.2, 0.25) is 0 Å². The second kappa shape index (κ2) is 5.86. The molecular weight excluding hydrogens is 310 g/mol. The molecule has 4 aromatic rings. The molecular formula is C20H19N5. The maximum atomic E-state index is 4.70. The van der Waals surface area contributed by atoms with Gasteiger partial charge in [0.15, 0.2) is 0 Å². The van der Waals surface area contributed by atoms with Gasteiger partial charge in [0, 0.05) is 50.2 Å². The number of rotatable bonds is 4. The number of hydrogen-bond acceptors (Lipinski definition) is 3. The SMILES string of the molecule is c1cc2c(c(-c3ccn[nH]3)c1)CN(CCc1cn3ccccc3n1)C2. The number of nitrogens with zero attached hydrogens (tertiary/aromatic N) is 4. The fourth-order valence-electron chi connectivity index (χ4n) is 3.69. The van der Waals surface area contributed by atoms with Crippen LogP contribution in [0.25, 0.3) is 16.9 Å². The molecule has 1 aliphatic rings. The highest BCUT2D eigenvalue weighted by Gasteiger charge is 2.22. The van der Waals surface area contributed by atoms with Gasteiger partial charge in [0.2, 0.25) is 0 Å². The van der Waals surface area contributed by atoms with E-state index in [1.54, 1.807) is 0 Å². The van der Waals surface area contributed by atoms with Crippen LogP contribution in [0.3, 0.4) is 0 Å². The van der Waals surface area contributed by atoms with E-state index in [-0.39, 0.29) is 0 Å². The molecule has 5 nitrogen and oxygen atoms in total. The molecule has 4 heterocycles. The molecule has 0 unspecified atom stereocenters. The van der Waals surface area contributed by atoms with Crippen molar-refractivity contribution in [3.63, 3.8) is 0 Å². The zero-order chi connectivity index (χ0) is 16.6. The molecule has 0 amide bonds. The summed E-state index contributed by atoms with van der Waals surface area (Å²) in [5, 5.41) is 7.18. The van der Waals surface area contributed by atoms with E-state index >= 15 is 0 Å². The van der Waals surface area contributed by atoms with Crippen molar-refractivity contribution >= 4 is 5.65 Å². The number of H-pyrrole nitrogens is 1. The molecule has 0 atom stereocenters. The van der Waals surface area contributed by atoms with Gasteiger partial charge in [-0.05, 0) is 29.3 Å². The molecule has 0 saturated carbocycles. The number of hydrogen-bond donors (Lipinski definition) is 1. The lowest BCUT2D eigenvalue weighted by Gasteiger charge is -2.13. The van der Waals surface area contributed by atoms with Gasteiger partial charge in [0.25, 0.3) is 0 Å². The molecule has 0 spiro atoms. The van der Waals surface area contributed by atoms with Crippen LogP contribution >= 0.6 is 0 Å². The molecule has 0 saturated heterocycles. The molecule has 25 heavy (non-hydrogen) atoms. The van der Waals surface area contributed by atoms with Gasteiger partial charge in [-0.15, -0.1) is 0 Å². The molecule has 0 fully saturated rings. The molecule has 1 aliphatic heterocycles. The Balaban J connectivity index is 1.32. The zero-order valence-electron chi connectivity index (χ0n) is 13.9. The van der Waals surface area contributed by atoms with E-state index in [2.05, 4.69) is 43.9 Å². The first-order valence-electron chi connectivity index (χ1n) is 8.62. The third-order valence-electron chi connectivity index (χ3n) is 4.94. The van der Waals surface area contributed by atoms with E-state index in [0.717, 1.165) is 43.1 Å². The van der Waals surface area contributed by atoms with Crippen LogP contribution < -0.4 is 0 Å². The Morgan fingerprint density at radius 2 is 2.04 bits per heavy atom. The van der Waals surface area contributed by atoms with E-state index in [0.29, 0.717) is 0 Å². The predicted octanol–water partition coefficient (Wildman–Crippen LogP) is 3.28. The molecule has 0 radical (unpaired) electrons. The summed E-state index contributed by atoms with van der Waals surface area (Å²) in [6.45, 7) is 3.00. The van der Waals surface area contributed by atoms with Crippen molar-refractivity contribution in [3.05, 3.63) is 77.9 Å². The molecule has 0 bridgehead atoms. The molecule has 1 N–H and O–H groups in total. The van der Waals surface area contributed by atoms with E-state index < -0.39 is 0 Å². The number of pyridine rings is 1. The smallest absolute Gasteiger partial charge is 0.136 e. The predicted molar refractivity (Wildman–Crippen MR) is 97.0 cm³/mol. The first kappa shape index (κ1) is 14.4. The Kier molecular flexibility index (Phi) is 3.38. The van der Waals surface area contributed by atoms with Gasteiger partial charge in [-0.25, -0.2) is 4.98 Å². The summed E-state index contributed by atoms with van der Waals surface area (Å²) in [6.07, 6.45) is 6.96. The van der Waals surface area contributed by atoms with Crippen molar-refractivity contribution in [3.8, 4) is 11.3 Å². The van der Waals surface area contributed by atoms with Crippen molar-refractivity contribution in [2.45, 2.75) is 19.5 Å². The van der Waals surface area contributed by atoms with Gasteiger partial charge >= 0.3 is 0 Å². The number of aromatic amines is 1. The molecule has 124 valence electrons. The summed E-state index contributed by atoms with van der Waals surface area (Å²) >= 11 is 0. The van der Waals surface area contributed by atoms with Crippen molar-refractivity contribution < 1.29 is 0 Å². The normalized spacial score (nSPS) is 14.2. The number of fused-ring (bicyclic) bond motifs is 2. The number of imidazole rings is 1. The molecule has 5 heteroatoms. The summed E-state index contributed by atoms with van der Waals surface area (Å²) < 4.78 is 2.09. The second-order valence-corrected chi connectivity index (χ2v) is 6.57. The van der Waals surface area contributed by atoms with Gasteiger partial charge in [0.05, 0.1) is 11.4 Å². The van der Waals surface area contributed by atoms with Crippen LogP contribution in [0.15, 0.2) is 61.1 Å². The maximum absolute atomic E-state index is 4.70. The molecule has 5 rings (SSSR count). The van der Waals surface area contributed by atoms with Crippen LogP contribution in [0.1, 0.15) is 16.8 Å². The Morgan fingerprint density at radius 1 is 1.04 bits per heavy atom. The molecule has 3 aromatic heterocycles. The highest BCUT2D eigenvalue weighted by molar-refractivity contribution is 5.65.